The number of likely N-dealkylation sites (N-methyl/N-ethyl adjacent to an activating group) is 1. The molecule has 2 atom stereocenters. The van der Waals surface area contributed by atoms with Crippen molar-refractivity contribution in [3.05, 3.63) is 23.8 Å². The minimum Gasteiger partial charge on any atom is -0.490 e. The van der Waals surface area contributed by atoms with Gasteiger partial charge in [-0.3, -0.25) is 4.79 Å². The first-order chi connectivity index (χ1) is 9.97. The Morgan fingerprint density at radius 2 is 2.00 bits per heavy atom. The molecule has 0 bridgehead atoms. The van der Waals surface area contributed by atoms with E-state index in [9.17, 15) is 4.79 Å². The van der Waals surface area contributed by atoms with Crippen LogP contribution in [0.2, 0.25) is 0 Å². The van der Waals surface area contributed by atoms with E-state index in [-0.39, 0.29) is 11.9 Å². The molecule has 5 heteroatoms. The van der Waals surface area contributed by atoms with Gasteiger partial charge in [0, 0.05) is 12.6 Å². The van der Waals surface area contributed by atoms with Gasteiger partial charge in [-0.05, 0) is 51.8 Å². The summed E-state index contributed by atoms with van der Waals surface area (Å²) in [5, 5.41) is 2.73. The van der Waals surface area contributed by atoms with Crippen molar-refractivity contribution in [3.63, 3.8) is 0 Å². The van der Waals surface area contributed by atoms with Gasteiger partial charge in [0.1, 0.15) is 0 Å². The number of hydrogen-bond acceptors (Lipinski definition) is 4. The fourth-order valence-corrected chi connectivity index (χ4v) is 1.98. The van der Waals surface area contributed by atoms with Crippen molar-refractivity contribution in [2.75, 3.05) is 13.2 Å². The number of ether oxygens (including phenoxy) is 2. The Balaban J connectivity index is 2.87. The van der Waals surface area contributed by atoms with Crippen LogP contribution in [-0.4, -0.2) is 31.2 Å². The zero-order chi connectivity index (χ0) is 15.8. The lowest BCUT2D eigenvalue weighted by molar-refractivity contribution is -0.127. The van der Waals surface area contributed by atoms with Crippen molar-refractivity contribution < 1.29 is 14.3 Å². The maximum Gasteiger partial charge on any atom is 0.260 e. The second-order valence-electron chi connectivity index (χ2n) is 5.05. The molecular weight excluding hydrogens is 268 g/mol. The van der Waals surface area contributed by atoms with Crippen LogP contribution in [0.15, 0.2) is 18.2 Å². The van der Waals surface area contributed by atoms with Crippen LogP contribution in [0.1, 0.15) is 33.3 Å². The number of carbonyl (C=O) groups is 1. The molecule has 0 saturated carbocycles. The van der Waals surface area contributed by atoms with Gasteiger partial charge in [-0.2, -0.15) is 0 Å². The van der Waals surface area contributed by atoms with Gasteiger partial charge in [0.15, 0.2) is 17.6 Å². The molecular formula is C16H26N2O3. The molecule has 1 amide bonds. The second kappa shape index (κ2) is 8.52. The third-order valence-corrected chi connectivity index (χ3v) is 2.89. The molecule has 0 spiro atoms. The van der Waals surface area contributed by atoms with E-state index in [2.05, 4.69) is 5.32 Å². The molecule has 0 heterocycles. The Kier molecular flexibility index (Phi) is 7.02. The Labute approximate surface area is 126 Å². The number of carbonyl (C=O) groups excluding carboxylic acids is 1. The van der Waals surface area contributed by atoms with Gasteiger partial charge in [-0.15, -0.1) is 0 Å². The first-order valence-electron chi connectivity index (χ1n) is 7.43. The fourth-order valence-electron chi connectivity index (χ4n) is 1.98. The molecule has 1 rings (SSSR count). The van der Waals surface area contributed by atoms with Crippen LogP contribution in [0.4, 0.5) is 0 Å². The predicted octanol–water partition coefficient (Wildman–Crippen LogP) is 1.88. The summed E-state index contributed by atoms with van der Waals surface area (Å²) in [6.07, 6.45) is 0.204. The van der Waals surface area contributed by atoms with Crippen LogP contribution in [0, 0.1) is 0 Å². The normalized spacial score (nSPS) is 13.4. The number of nitrogens with two attached hydrogens (primary N) is 1. The van der Waals surface area contributed by atoms with Crippen LogP contribution in [0.25, 0.3) is 0 Å². The van der Waals surface area contributed by atoms with Crippen LogP contribution >= 0.6 is 0 Å². The molecule has 0 radical (unpaired) electrons. The van der Waals surface area contributed by atoms with Crippen molar-refractivity contribution in [1.82, 2.24) is 5.32 Å². The number of amides is 1. The van der Waals surface area contributed by atoms with Crippen LogP contribution < -0.4 is 20.5 Å². The largest absolute Gasteiger partial charge is 0.490 e. The number of benzene rings is 1. The summed E-state index contributed by atoms with van der Waals surface area (Å²) in [7, 11) is 0. The summed E-state index contributed by atoms with van der Waals surface area (Å²) in [4.78, 5) is 11.7. The lowest BCUT2D eigenvalue weighted by Crippen LogP contribution is -2.36. The van der Waals surface area contributed by atoms with E-state index in [4.69, 9.17) is 15.2 Å². The number of rotatable bonds is 8. The van der Waals surface area contributed by atoms with E-state index in [1.165, 1.54) is 0 Å². The third-order valence-electron chi connectivity index (χ3n) is 2.89. The van der Waals surface area contributed by atoms with Gasteiger partial charge in [0.2, 0.25) is 0 Å². The molecule has 3 N–H and O–H groups in total. The van der Waals surface area contributed by atoms with Crippen LogP contribution in [-0.2, 0) is 11.2 Å². The molecule has 0 aromatic heterocycles. The van der Waals surface area contributed by atoms with Gasteiger partial charge in [0.05, 0.1) is 6.61 Å². The first kappa shape index (κ1) is 17.3. The van der Waals surface area contributed by atoms with Crippen molar-refractivity contribution >= 4 is 5.91 Å². The highest BCUT2D eigenvalue weighted by Gasteiger charge is 2.16. The monoisotopic (exact) mass is 294 g/mol. The highest BCUT2D eigenvalue weighted by molar-refractivity contribution is 5.80. The van der Waals surface area contributed by atoms with Gasteiger partial charge in [-0.1, -0.05) is 6.07 Å². The Morgan fingerprint density at radius 1 is 1.29 bits per heavy atom. The predicted molar refractivity (Wildman–Crippen MR) is 83.7 cm³/mol. The smallest absolute Gasteiger partial charge is 0.260 e. The van der Waals surface area contributed by atoms with Gasteiger partial charge in [0.25, 0.3) is 5.91 Å². The molecule has 1 aromatic rings. The molecule has 0 fully saturated rings. The zero-order valence-corrected chi connectivity index (χ0v) is 13.3. The highest BCUT2D eigenvalue weighted by atomic mass is 16.5. The quantitative estimate of drug-likeness (QED) is 0.768. The zero-order valence-electron chi connectivity index (χ0n) is 13.3. The molecule has 21 heavy (non-hydrogen) atoms. The minimum atomic E-state index is -0.566. The SMILES string of the molecule is CCNC(=O)C(C)Oc1ccc(CC(C)N)cc1OCC. The molecule has 0 aliphatic carbocycles. The molecule has 5 nitrogen and oxygen atoms in total. The molecule has 2 unspecified atom stereocenters. The Bertz CT molecular complexity index is 461. The summed E-state index contributed by atoms with van der Waals surface area (Å²) in [6.45, 7) is 8.58. The Morgan fingerprint density at radius 3 is 2.57 bits per heavy atom. The first-order valence-corrected chi connectivity index (χ1v) is 7.43. The molecule has 0 aliphatic rings. The molecule has 0 aliphatic heterocycles. The van der Waals surface area contributed by atoms with E-state index in [0.29, 0.717) is 24.7 Å². The summed E-state index contributed by atoms with van der Waals surface area (Å²) in [5.74, 6) is 1.08. The maximum atomic E-state index is 11.7. The summed E-state index contributed by atoms with van der Waals surface area (Å²) in [6, 6.07) is 5.79. The number of hydrogen-bond donors (Lipinski definition) is 2. The fraction of sp³-hybridized carbons (Fsp3) is 0.562. The molecule has 118 valence electrons. The van der Waals surface area contributed by atoms with Crippen LogP contribution in [0.5, 0.6) is 11.5 Å². The minimum absolute atomic E-state index is 0.0838. The summed E-state index contributed by atoms with van der Waals surface area (Å²) >= 11 is 0. The van der Waals surface area contributed by atoms with Crippen molar-refractivity contribution in [3.8, 4) is 11.5 Å². The van der Waals surface area contributed by atoms with Gasteiger partial charge < -0.3 is 20.5 Å². The van der Waals surface area contributed by atoms with Gasteiger partial charge in [-0.25, -0.2) is 0 Å². The van der Waals surface area contributed by atoms with Gasteiger partial charge >= 0.3 is 0 Å². The Hall–Kier alpha value is -1.75. The standard InChI is InChI=1S/C16H26N2O3/c1-5-18-16(19)12(4)21-14-8-7-13(9-11(3)17)10-15(14)20-6-2/h7-8,10-12H,5-6,9,17H2,1-4H3,(H,18,19). The van der Waals surface area contributed by atoms with E-state index < -0.39 is 6.10 Å². The topological polar surface area (TPSA) is 73.6 Å². The van der Waals surface area contributed by atoms with E-state index >= 15 is 0 Å². The van der Waals surface area contributed by atoms with E-state index in [1.807, 2.05) is 39.0 Å². The van der Waals surface area contributed by atoms with Crippen molar-refractivity contribution in [1.29, 1.82) is 0 Å². The van der Waals surface area contributed by atoms with Crippen molar-refractivity contribution in [2.45, 2.75) is 46.3 Å². The van der Waals surface area contributed by atoms with E-state index in [0.717, 1.165) is 12.0 Å². The highest BCUT2D eigenvalue weighted by Crippen LogP contribution is 2.29. The van der Waals surface area contributed by atoms with Crippen molar-refractivity contribution in [2.24, 2.45) is 5.73 Å². The van der Waals surface area contributed by atoms with E-state index in [1.54, 1.807) is 6.92 Å². The molecule has 1 aromatic carbocycles. The summed E-state index contributed by atoms with van der Waals surface area (Å²) in [5.41, 5.74) is 6.90. The maximum absolute atomic E-state index is 11.7. The average Bonchev–Trinajstić information content (AvgIpc) is 2.41. The summed E-state index contributed by atoms with van der Waals surface area (Å²) < 4.78 is 11.3. The lowest BCUT2D eigenvalue weighted by Gasteiger charge is -2.18. The second-order valence-corrected chi connectivity index (χ2v) is 5.05. The number of nitrogens with one attached hydrogen (secondary N) is 1. The lowest BCUT2D eigenvalue weighted by atomic mass is 10.1. The average molecular weight is 294 g/mol. The van der Waals surface area contributed by atoms with Crippen LogP contribution in [0.3, 0.4) is 0 Å². The molecule has 0 saturated heterocycles. The third kappa shape index (κ3) is 5.63.